The van der Waals surface area contributed by atoms with Crippen molar-refractivity contribution in [3.63, 3.8) is 0 Å². The maximum absolute atomic E-state index is 14.2. The highest BCUT2D eigenvalue weighted by atomic mass is 19.2. The van der Waals surface area contributed by atoms with Crippen molar-refractivity contribution in [2.45, 2.75) is 37.6 Å². The molecular formula is C28H33F2N5O6. The summed E-state index contributed by atoms with van der Waals surface area (Å²) in [6.07, 6.45) is 2.94. The molecule has 2 N–H and O–H groups in total. The van der Waals surface area contributed by atoms with Gasteiger partial charge in [-0.3, -0.25) is 9.78 Å². The van der Waals surface area contributed by atoms with Crippen LogP contribution in [0.5, 0.6) is 0 Å². The molecule has 1 aromatic heterocycles. The van der Waals surface area contributed by atoms with E-state index in [0.29, 0.717) is 32.4 Å². The standard InChI is InChI=1S/C28H33F2N5O6/c1-41-17-24-20(16-25(36)37)26(19-6-7-21(29)22(30)15-19)34(28(39)33-24)27(38)32-11-4-12-35(40)13-8-18(9-14-35)23-5-2-3-10-31-23/h2-3,5-7,10,15,18,20,26H,4,8-9,11-14,16-17H2,1H3,(H,32,38)(H,36,37). The lowest BCUT2D eigenvalue weighted by Crippen LogP contribution is -2.53. The lowest BCUT2D eigenvalue weighted by molar-refractivity contribution is -0.886. The number of carboxylic acid groups (broad SMARTS) is 1. The number of nitrogens with zero attached hydrogens (tertiary/aromatic N) is 4. The number of aliphatic imine (C=N–C) groups is 1. The van der Waals surface area contributed by atoms with Crippen LogP contribution in [-0.4, -0.2) is 83.3 Å². The molecule has 2 aliphatic rings. The number of likely N-dealkylation sites (tertiary alicyclic amines) is 1. The quantitative estimate of drug-likeness (QED) is 0.248. The number of halogens is 2. The summed E-state index contributed by atoms with van der Waals surface area (Å²) in [6, 6.07) is 5.46. The summed E-state index contributed by atoms with van der Waals surface area (Å²) in [5, 5.41) is 25.4. The van der Waals surface area contributed by atoms with Crippen molar-refractivity contribution in [3.05, 3.63) is 70.7 Å². The first kappa shape index (κ1) is 30.2. The Labute approximate surface area is 236 Å². The number of imide groups is 1. The van der Waals surface area contributed by atoms with Gasteiger partial charge in [0, 0.05) is 56.6 Å². The molecule has 0 spiro atoms. The first-order valence-electron chi connectivity index (χ1n) is 13.4. The fraction of sp³-hybridized carbons (Fsp3) is 0.464. The van der Waals surface area contributed by atoms with Gasteiger partial charge in [0.2, 0.25) is 0 Å². The zero-order valence-electron chi connectivity index (χ0n) is 22.7. The monoisotopic (exact) mass is 573 g/mol. The average Bonchev–Trinajstić information content (AvgIpc) is 2.94. The van der Waals surface area contributed by atoms with E-state index in [1.54, 1.807) is 6.20 Å². The van der Waals surface area contributed by atoms with E-state index in [0.717, 1.165) is 22.7 Å². The van der Waals surface area contributed by atoms with Gasteiger partial charge in [0.1, 0.15) is 0 Å². The second kappa shape index (κ2) is 13.2. The Morgan fingerprint density at radius 3 is 2.59 bits per heavy atom. The third-order valence-corrected chi connectivity index (χ3v) is 7.62. The van der Waals surface area contributed by atoms with Crippen molar-refractivity contribution in [1.29, 1.82) is 0 Å². The molecule has 0 radical (unpaired) electrons. The van der Waals surface area contributed by atoms with Crippen LogP contribution >= 0.6 is 0 Å². The number of hydroxylamine groups is 3. The van der Waals surface area contributed by atoms with E-state index in [2.05, 4.69) is 15.3 Å². The van der Waals surface area contributed by atoms with Gasteiger partial charge in [0.15, 0.2) is 11.6 Å². The van der Waals surface area contributed by atoms with Gasteiger partial charge in [-0.05, 0) is 29.8 Å². The number of pyridine rings is 1. The molecule has 1 aromatic carbocycles. The number of carboxylic acids is 1. The molecule has 1 saturated heterocycles. The molecule has 0 bridgehead atoms. The van der Waals surface area contributed by atoms with E-state index in [9.17, 15) is 33.5 Å². The summed E-state index contributed by atoms with van der Waals surface area (Å²) in [6.45, 7) is 0.979. The fourth-order valence-electron chi connectivity index (χ4n) is 5.56. The minimum absolute atomic E-state index is 0.0296. The molecule has 41 heavy (non-hydrogen) atoms. The molecule has 3 heterocycles. The third kappa shape index (κ3) is 7.29. The maximum Gasteiger partial charge on any atom is 0.352 e. The predicted octanol–water partition coefficient (Wildman–Crippen LogP) is 4.01. The SMILES string of the molecule is COCC1=NC(=O)N(C(=O)NCCC[N+]2([O-])CCC(c3ccccn3)CC2)C(c2ccc(F)c(F)c2)C1CC(=O)O. The number of rotatable bonds is 10. The highest BCUT2D eigenvalue weighted by Gasteiger charge is 2.44. The van der Waals surface area contributed by atoms with Crippen LogP contribution in [0.25, 0.3) is 0 Å². The summed E-state index contributed by atoms with van der Waals surface area (Å²) in [5.41, 5.74) is 1.08. The number of urea groups is 2. The zero-order valence-corrected chi connectivity index (χ0v) is 22.7. The summed E-state index contributed by atoms with van der Waals surface area (Å²) in [5.74, 6) is -4.39. The lowest BCUT2D eigenvalue weighted by atomic mass is 9.84. The maximum atomic E-state index is 14.2. The topological polar surface area (TPSA) is 144 Å². The van der Waals surface area contributed by atoms with Crippen molar-refractivity contribution >= 4 is 23.7 Å². The molecule has 2 aromatic rings. The molecule has 4 rings (SSSR count). The minimum atomic E-state index is -1.28. The number of quaternary nitrogens is 1. The number of amides is 4. The average molecular weight is 574 g/mol. The van der Waals surface area contributed by atoms with Gasteiger partial charge in [0.25, 0.3) is 0 Å². The summed E-state index contributed by atoms with van der Waals surface area (Å²) in [4.78, 5) is 47.0. The number of aliphatic carboxylic acids is 1. The van der Waals surface area contributed by atoms with Crippen LogP contribution in [0, 0.1) is 22.8 Å². The number of carbonyl (C=O) groups is 3. The van der Waals surface area contributed by atoms with Crippen LogP contribution in [0.2, 0.25) is 0 Å². The van der Waals surface area contributed by atoms with E-state index < -0.39 is 52.7 Å². The third-order valence-electron chi connectivity index (χ3n) is 7.62. The van der Waals surface area contributed by atoms with Gasteiger partial charge in [-0.1, -0.05) is 12.1 Å². The number of methoxy groups -OCH3 is 1. The fourth-order valence-corrected chi connectivity index (χ4v) is 5.56. The van der Waals surface area contributed by atoms with E-state index in [1.807, 2.05) is 18.2 Å². The van der Waals surface area contributed by atoms with Crippen LogP contribution in [0.1, 0.15) is 48.9 Å². The Morgan fingerprint density at radius 1 is 1.20 bits per heavy atom. The highest BCUT2D eigenvalue weighted by Crippen LogP contribution is 2.37. The minimum Gasteiger partial charge on any atom is -0.633 e. The van der Waals surface area contributed by atoms with E-state index in [4.69, 9.17) is 4.74 Å². The van der Waals surface area contributed by atoms with E-state index in [-0.39, 0.29) is 36.9 Å². The number of nitrogens with one attached hydrogen (secondary N) is 1. The molecule has 2 atom stereocenters. The Morgan fingerprint density at radius 2 is 1.95 bits per heavy atom. The van der Waals surface area contributed by atoms with Gasteiger partial charge in [-0.15, -0.1) is 0 Å². The molecular weight excluding hydrogens is 540 g/mol. The molecule has 0 saturated carbocycles. The van der Waals surface area contributed by atoms with Crippen molar-refractivity contribution in [1.82, 2.24) is 15.2 Å². The number of carbonyl (C=O) groups excluding carboxylic acids is 2. The Hall–Kier alpha value is -3.81. The van der Waals surface area contributed by atoms with Crippen molar-refractivity contribution in [2.24, 2.45) is 10.9 Å². The number of hydrogen-bond donors (Lipinski definition) is 2. The van der Waals surface area contributed by atoms with E-state index >= 15 is 0 Å². The van der Waals surface area contributed by atoms with Crippen LogP contribution in [0.3, 0.4) is 0 Å². The number of aromatic nitrogens is 1. The number of benzene rings is 1. The molecule has 2 aliphatic heterocycles. The van der Waals surface area contributed by atoms with Gasteiger partial charge < -0.3 is 25.0 Å². The van der Waals surface area contributed by atoms with Crippen LogP contribution < -0.4 is 5.32 Å². The molecule has 11 nitrogen and oxygen atoms in total. The van der Waals surface area contributed by atoms with E-state index in [1.165, 1.54) is 13.2 Å². The zero-order chi connectivity index (χ0) is 29.6. The van der Waals surface area contributed by atoms with Gasteiger partial charge in [-0.25, -0.2) is 23.3 Å². The molecule has 13 heteroatoms. The van der Waals surface area contributed by atoms with Gasteiger partial charge in [-0.2, -0.15) is 4.99 Å². The van der Waals surface area contributed by atoms with Crippen LogP contribution in [0.15, 0.2) is 47.6 Å². The summed E-state index contributed by atoms with van der Waals surface area (Å²) < 4.78 is 32.6. The van der Waals surface area contributed by atoms with Gasteiger partial charge in [0.05, 0.1) is 44.4 Å². The van der Waals surface area contributed by atoms with Crippen molar-refractivity contribution < 1.29 is 37.7 Å². The van der Waals surface area contributed by atoms with Crippen molar-refractivity contribution in [3.8, 4) is 0 Å². The second-order valence-corrected chi connectivity index (χ2v) is 10.4. The van der Waals surface area contributed by atoms with Crippen LogP contribution in [-0.2, 0) is 9.53 Å². The smallest absolute Gasteiger partial charge is 0.352 e. The number of ether oxygens (including phenoxy) is 1. The molecule has 0 aliphatic carbocycles. The normalized spacial score (nSPS) is 24.6. The predicted molar refractivity (Wildman–Crippen MR) is 144 cm³/mol. The summed E-state index contributed by atoms with van der Waals surface area (Å²) >= 11 is 0. The number of piperidine rings is 1. The molecule has 220 valence electrons. The number of hydrogen-bond acceptors (Lipinski definition) is 6. The largest absolute Gasteiger partial charge is 0.633 e. The molecule has 2 unspecified atom stereocenters. The molecule has 4 amide bonds. The Bertz CT molecular complexity index is 1290. The second-order valence-electron chi connectivity index (χ2n) is 10.4. The highest BCUT2D eigenvalue weighted by molar-refractivity contribution is 6.06. The summed E-state index contributed by atoms with van der Waals surface area (Å²) in [7, 11) is 1.34. The molecule has 1 fully saturated rings. The van der Waals surface area contributed by atoms with Gasteiger partial charge >= 0.3 is 18.0 Å². The Kier molecular flexibility index (Phi) is 9.73. The lowest BCUT2D eigenvalue weighted by Gasteiger charge is -2.47. The first-order chi connectivity index (χ1) is 19.6. The van der Waals surface area contributed by atoms with Crippen molar-refractivity contribution in [2.75, 3.05) is 39.9 Å². The Balaban J connectivity index is 1.43. The first-order valence-corrected chi connectivity index (χ1v) is 13.4. The van der Waals surface area contributed by atoms with Crippen LogP contribution in [0.4, 0.5) is 18.4 Å².